The molecular weight excluding hydrogens is 296 g/mol. The van der Waals surface area contributed by atoms with E-state index >= 15 is 0 Å². The summed E-state index contributed by atoms with van der Waals surface area (Å²) in [6, 6.07) is 18.5. The van der Waals surface area contributed by atoms with E-state index in [2.05, 4.69) is 47.1 Å². The van der Waals surface area contributed by atoms with Gasteiger partial charge < -0.3 is 0 Å². The minimum Gasteiger partial charge on any atom is -0.114 e. The Kier molecular flexibility index (Phi) is 3.90. The molecule has 2 aromatic carbocycles. The van der Waals surface area contributed by atoms with Gasteiger partial charge in [0.2, 0.25) is 0 Å². The smallest absolute Gasteiger partial charge is 0.0707 e. The third kappa shape index (κ3) is 3.34. The number of rotatable bonds is 3. The maximum atomic E-state index is 6.65. The number of halogens is 2. The van der Waals surface area contributed by atoms with E-state index in [0.29, 0.717) is 0 Å². The van der Waals surface area contributed by atoms with Gasteiger partial charge in [0.25, 0.3) is 0 Å². The number of alkyl halides is 1. The van der Waals surface area contributed by atoms with Gasteiger partial charge in [-0.25, -0.2) is 0 Å². The average Bonchev–Trinajstić information content (AvgIpc) is 2.30. The lowest BCUT2D eigenvalue weighted by molar-refractivity contribution is 0.672. The van der Waals surface area contributed by atoms with E-state index in [4.69, 9.17) is 11.6 Å². The number of benzene rings is 2. The van der Waals surface area contributed by atoms with Crippen LogP contribution in [-0.2, 0) is 11.3 Å². The van der Waals surface area contributed by atoms with Crippen LogP contribution < -0.4 is 0 Å². The van der Waals surface area contributed by atoms with Crippen LogP contribution >= 0.6 is 27.5 Å². The minimum absolute atomic E-state index is 0.370. The summed E-state index contributed by atoms with van der Waals surface area (Å²) in [6.07, 6.45) is 0.825. The molecule has 0 aliphatic heterocycles. The fraction of sp³-hybridized carbons (Fsp3) is 0.200. The van der Waals surface area contributed by atoms with Crippen LogP contribution in [0.1, 0.15) is 18.1 Å². The third-order valence-electron chi connectivity index (χ3n) is 2.81. The highest BCUT2D eigenvalue weighted by molar-refractivity contribution is 9.10. The van der Waals surface area contributed by atoms with Crippen molar-refractivity contribution < 1.29 is 0 Å². The first kappa shape index (κ1) is 12.7. The molecule has 2 heteroatoms. The highest BCUT2D eigenvalue weighted by Gasteiger charge is 2.23. The maximum absolute atomic E-state index is 6.65. The van der Waals surface area contributed by atoms with Gasteiger partial charge in [0.05, 0.1) is 4.87 Å². The lowest BCUT2D eigenvalue weighted by Crippen LogP contribution is -2.17. The lowest BCUT2D eigenvalue weighted by atomic mass is 9.93. The second kappa shape index (κ2) is 5.24. The van der Waals surface area contributed by atoms with E-state index in [1.54, 1.807) is 0 Å². The Morgan fingerprint density at radius 3 is 2.41 bits per heavy atom. The van der Waals surface area contributed by atoms with E-state index in [-0.39, 0.29) is 4.87 Å². The summed E-state index contributed by atoms with van der Waals surface area (Å²) >= 11 is 10.1. The normalized spacial score (nSPS) is 14.3. The predicted molar refractivity (Wildman–Crippen MR) is 77.5 cm³/mol. The van der Waals surface area contributed by atoms with Crippen molar-refractivity contribution in [3.63, 3.8) is 0 Å². The first-order valence-corrected chi connectivity index (χ1v) is 6.74. The topological polar surface area (TPSA) is 0 Å². The molecule has 0 saturated heterocycles. The zero-order valence-electron chi connectivity index (χ0n) is 9.66. The zero-order chi connectivity index (χ0) is 12.3. The van der Waals surface area contributed by atoms with Crippen molar-refractivity contribution in [2.24, 2.45) is 0 Å². The Morgan fingerprint density at radius 1 is 1.06 bits per heavy atom. The Labute approximate surface area is 116 Å². The van der Waals surface area contributed by atoms with Crippen molar-refractivity contribution in [1.29, 1.82) is 0 Å². The second-order valence-electron chi connectivity index (χ2n) is 4.37. The van der Waals surface area contributed by atoms with Crippen LogP contribution in [0, 0.1) is 0 Å². The lowest BCUT2D eigenvalue weighted by Gasteiger charge is -2.23. The van der Waals surface area contributed by atoms with Crippen LogP contribution in [0.2, 0.25) is 0 Å². The predicted octanol–water partition coefficient (Wildman–Crippen LogP) is 5.15. The van der Waals surface area contributed by atoms with Gasteiger partial charge in [0.15, 0.2) is 0 Å². The molecule has 0 N–H and O–H groups in total. The highest BCUT2D eigenvalue weighted by atomic mass is 79.9. The molecule has 0 fully saturated rings. The van der Waals surface area contributed by atoms with E-state index in [0.717, 1.165) is 16.5 Å². The van der Waals surface area contributed by atoms with Gasteiger partial charge in [0.1, 0.15) is 0 Å². The van der Waals surface area contributed by atoms with Gasteiger partial charge in [-0.3, -0.25) is 0 Å². The van der Waals surface area contributed by atoms with Crippen LogP contribution in [0.25, 0.3) is 0 Å². The summed E-state index contributed by atoms with van der Waals surface area (Å²) in [4.78, 5) is -0.370. The first-order chi connectivity index (χ1) is 8.08. The summed E-state index contributed by atoms with van der Waals surface area (Å²) in [6.45, 7) is 2.06. The molecule has 1 unspecified atom stereocenters. The summed E-state index contributed by atoms with van der Waals surface area (Å²) in [5.74, 6) is 0. The molecule has 0 bridgehead atoms. The zero-order valence-corrected chi connectivity index (χ0v) is 12.0. The number of hydrogen-bond acceptors (Lipinski definition) is 0. The Balaban J connectivity index is 2.25. The van der Waals surface area contributed by atoms with Crippen LogP contribution in [0.15, 0.2) is 59.1 Å². The van der Waals surface area contributed by atoms with Crippen LogP contribution in [0.3, 0.4) is 0 Å². The SMILES string of the molecule is CC(Cl)(Cc1ccccc1)c1cccc(Br)c1. The Morgan fingerprint density at radius 2 is 1.76 bits per heavy atom. The van der Waals surface area contributed by atoms with Crippen LogP contribution in [-0.4, -0.2) is 0 Å². The van der Waals surface area contributed by atoms with Crippen molar-refractivity contribution in [1.82, 2.24) is 0 Å². The molecule has 0 amide bonds. The van der Waals surface area contributed by atoms with Crippen molar-refractivity contribution in [3.05, 3.63) is 70.2 Å². The molecule has 0 heterocycles. The molecule has 1 atom stereocenters. The van der Waals surface area contributed by atoms with Gasteiger partial charge in [-0.1, -0.05) is 58.4 Å². The first-order valence-electron chi connectivity index (χ1n) is 5.57. The molecule has 88 valence electrons. The van der Waals surface area contributed by atoms with Gasteiger partial charge in [-0.05, 0) is 36.6 Å². The summed E-state index contributed by atoms with van der Waals surface area (Å²) in [7, 11) is 0. The van der Waals surface area contributed by atoms with E-state index in [9.17, 15) is 0 Å². The molecule has 0 spiro atoms. The third-order valence-corrected chi connectivity index (χ3v) is 3.65. The second-order valence-corrected chi connectivity index (χ2v) is 6.12. The quantitative estimate of drug-likeness (QED) is 0.688. The molecule has 2 rings (SSSR count). The summed E-state index contributed by atoms with van der Waals surface area (Å²) < 4.78 is 1.06. The van der Waals surface area contributed by atoms with Crippen molar-refractivity contribution in [3.8, 4) is 0 Å². The van der Waals surface area contributed by atoms with Crippen molar-refractivity contribution in [2.75, 3.05) is 0 Å². The van der Waals surface area contributed by atoms with Crippen LogP contribution in [0.4, 0.5) is 0 Å². The molecule has 0 aliphatic carbocycles. The van der Waals surface area contributed by atoms with Crippen molar-refractivity contribution >= 4 is 27.5 Å². The summed E-state index contributed by atoms with van der Waals surface area (Å²) in [5, 5.41) is 0. The van der Waals surface area contributed by atoms with Crippen LogP contribution in [0.5, 0.6) is 0 Å². The molecule has 0 radical (unpaired) electrons. The van der Waals surface area contributed by atoms with Gasteiger partial charge in [0, 0.05) is 4.47 Å². The fourth-order valence-corrected chi connectivity index (χ4v) is 2.57. The van der Waals surface area contributed by atoms with E-state index < -0.39 is 0 Å². The average molecular weight is 310 g/mol. The van der Waals surface area contributed by atoms with Gasteiger partial charge in [-0.15, -0.1) is 11.6 Å². The van der Waals surface area contributed by atoms with Gasteiger partial charge in [-0.2, -0.15) is 0 Å². The maximum Gasteiger partial charge on any atom is 0.0707 e. The molecular formula is C15H14BrCl. The summed E-state index contributed by atoms with van der Waals surface area (Å²) in [5.41, 5.74) is 2.39. The standard InChI is InChI=1S/C15H14BrCl/c1-15(17,11-12-6-3-2-4-7-12)13-8-5-9-14(16)10-13/h2-10H,11H2,1H3. The molecule has 2 aromatic rings. The molecule has 0 nitrogen and oxygen atoms in total. The Bertz CT molecular complexity index is 491. The largest absolute Gasteiger partial charge is 0.114 e. The highest BCUT2D eigenvalue weighted by Crippen LogP contribution is 2.33. The van der Waals surface area contributed by atoms with Crippen molar-refractivity contribution in [2.45, 2.75) is 18.2 Å². The van der Waals surface area contributed by atoms with Gasteiger partial charge >= 0.3 is 0 Å². The van der Waals surface area contributed by atoms with E-state index in [1.165, 1.54) is 5.56 Å². The molecule has 0 aliphatic rings. The van der Waals surface area contributed by atoms with E-state index in [1.807, 2.05) is 30.3 Å². The molecule has 0 saturated carbocycles. The molecule has 0 aromatic heterocycles. The fourth-order valence-electron chi connectivity index (χ4n) is 1.89. The molecule has 17 heavy (non-hydrogen) atoms. The monoisotopic (exact) mass is 308 g/mol. The Hall–Kier alpha value is -0.790. The number of hydrogen-bond donors (Lipinski definition) is 0. The minimum atomic E-state index is -0.370.